The zero-order valence-electron chi connectivity index (χ0n) is 13.9. The Hall–Kier alpha value is -3.91. The van der Waals surface area contributed by atoms with Crippen LogP contribution in [0.4, 0.5) is 11.4 Å². The molecule has 3 heterocycles. The molecule has 0 radical (unpaired) electrons. The number of fused-ring (bicyclic) bond motifs is 4. The van der Waals surface area contributed by atoms with Gasteiger partial charge in [0.1, 0.15) is 17.1 Å². The number of nitrogens with zero attached hydrogens (tertiary/aromatic N) is 3. The van der Waals surface area contributed by atoms with E-state index in [-0.39, 0.29) is 40.8 Å². The van der Waals surface area contributed by atoms with Crippen LogP contribution in [0.25, 0.3) is 0 Å². The highest BCUT2D eigenvalue weighted by atomic mass is 16.6. The van der Waals surface area contributed by atoms with E-state index >= 15 is 0 Å². The molecule has 0 fully saturated rings. The molecule has 0 aliphatic carbocycles. The number of anilines is 1. The third kappa shape index (κ3) is 1.98. The molecule has 1 unspecified atom stereocenters. The molecule has 0 bridgehead atoms. The number of aromatic nitrogens is 2. The van der Waals surface area contributed by atoms with Crippen molar-refractivity contribution < 1.29 is 19.2 Å². The van der Waals surface area contributed by atoms with Gasteiger partial charge in [0.25, 0.3) is 5.69 Å². The molecule has 0 saturated heterocycles. The van der Waals surface area contributed by atoms with Crippen LogP contribution < -0.4 is 15.8 Å². The Bertz CT molecular complexity index is 1080. The molecule has 2 aliphatic rings. The Balaban J connectivity index is 2.12. The average Bonchev–Trinajstić information content (AvgIpc) is 3.15. The minimum absolute atomic E-state index is 0.00746. The summed E-state index contributed by atoms with van der Waals surface area (Å²) in [5, 5.41) is 30.4. The fourth-order valence-electron chi connectivity index (χ4n) is 3.57. The topological polar surface area (TPSA) is 169 Å². The Morgan fingerprint density at radius 1 is 1.52 bits per heavy atom. The van der Waals surface area contributed by atoms with Crippen LogP contribution >= 0.6 is 0 Å². The van der Waals surface area contributed by atoms with E-state index in [2.05, 4.69) is 15.5 Å². The van der Waals surface area contributed by atoms with E-state index in [9.17, 15) is 20.2 Å². The summed E-state index contributed by atoms with van der Waals surface area (Å²) in [5.74, 6) is -0.871. The van der Waals surface area contributed by atoms with Crippen molar-refractivity contribution in [2.75, 3.05) is 12.4 Å². The molecule has 1 amide bonds. The fourth-order valence-corrected chi connectivity index (χ4v) is 3.57. The Morgan fingerprint density at radius 2 is 2.30 bits per heavy atom. The Kier molecular flexibility index (Phi) is 3.40. The van der Waals surface area contributed by atoms with Gasteiger partial charge in [-0.15, -0.1) is 5.10 Å². The zero-order chi connectivity index (χ0) is 19.3. The van der Waals surface area contributed by atoms with Crippen molar-refractivity contribution in [3.63, 3.8) is 0 Å². The standard InChI is InChI=1S/C16H12N6O5/c1-26-6-11-12-14(21-20-11)27-13(18)9(5-17)16(12)8-4-7(22(24)25)2-3-10(8)19-15(16)23/h2-4H,6,18H2,1H3,(H,19,23)(H,20,21). The van der Waals surface area contributed by atoms with E-state index in [0.29, 0.717) is 11.4 Å². The second kappa shape index (κ2) is 5.55. The lowest BCUT2D eigenvalue weighted by atomic mass is 9.69. The number of nitrogens with one attached hydrogen (secondary N) is 2. The van der Waals surface area contributed by atoms with Crippen LogP contribution in [0.2, 0.25) is 0 Å². The number of hydrogen-bond donors (Lipinski definition) is 3. The number of nitro benzene ring substituents is 1. The second-order valence-corrected chi connectivity index (χ2v) is 5.96. The van der Waals surface area contributed by atoms with Crippen molar-refractivity contribution in [2.45, 2.75) is 12.0 Å². The number of carbonyl (C=O) groups is 1. The number of carbonyl (C=O) groups excluding carboxylic acids is 1. The normalized spacial score (nSPS) is 19.9. The van der Waals surface area contributed by atoms with Crippen LogP contribution in [0.5, 0.6) is 5.88 Å². The van der Waals surface area contributed by atoms with Crippen molar-refractivity contribution in [2.24, 2.45) is 5.73 Å². The molecule has 0 saturated carbocycles. The van der Waals surface area contributed by atoms with Gasteiger partial charge in [-0.05, 0) is 6.07 Å². The van der Waals surface area contributed by atoms with Crippen LogP contribution in [0.3, 0.4) is 0 Å². The SMILES string of the molecule is COCc1[nH]nc2c1C1(C(=O)Nc3ccc([N+](=O)[O-])cc31)C(C#N)=C(N)O2. The number of amides is 1. The van der Waals surface area contributed by atoms with Crippen LogP contribution in [0.15, 0.2) is 29.7 Å². The first-order valence-electron chi connectivity index (χ1n) is 7.70. The van der Waals surface area contributed by atoms with E-state index in [0.717, 1.165) is 0 Å². The van der Waals surface area contributed by atoms with Gasteiger partial charge in [0.15, 0.2) is 0 Å². The predicted molar refractivity (Wildman–Crippen MR) is 89.3 cm³/mol. The van der Waals surface area contributed by atoms with Crippen LogP contribution in [-0.2, 0) is 21.6 Å². The maximum Gasteiger partial charge on any atom is 0.269 e. The summed E-state index contributed by atoms with van der Waals surface area (Å²) in [6, 6.07) is 5.85. The van der Waals surface area contributed by atoms with Crippen molar-refractivity contribution in [1.29, 1.82) is 5.26 Å². The van der Waals surface area contributed by atoms with Crippen LogP contribution in [-0.4, -0.2) is 28.1 Å². The molecular weight excluding hydrogens is 356 g/mol. The van der Waals surface area contributed by atoms with Crippen molar-refractivity contribution in [3.05, 3.63) is 56.6 Å². The second-order valence-electron chi connectivity index (χ2n) is 5.96. The van der Waals surface area contributed by atoms with Gasteiger partial charge in [-0.25, -0.2) is 0 Å². The first kappa shape index (κ1) is 16.6. The molecule has 11 nitrogen and oxygen atoms in total. The number of ether oxygens (including phenoxy) is 2. The maximum atomic E-state index is 13.2. The third-order valence-corrected chi connectivity index (χ3v) is 4.62. The van der Waals surface area contributed by atoms with Crippen LogP contribution in [0.1, 0.15) is 16.8 Å². The number of benzene rings is 1. The fraction of sp³-hybridized carbons (Fsp3) is 0.188. The van der Waals surface area contributed by atoms with Crippen molar-refractivity contribution in [3.8, 4) is 11.9 Å². The number of methoxy groups -OCH3 is 1. The van der Waals surface area contributed by atoms with E-state index < -0.39 is 16.2 Å². The van der Waals surface area contributed by atoms with Gasteiger partial charge in [0, 0.05) is 30.5 Å². The zero-order valence-corrected chi connectivity index (χ0v) is 13.9. The number of nitro groups is 1. The molecule has 11 heteroatoms. The highest BCUT2D eigenvalue weighted by molar-refractivity contribution is 6.13. The number of non-ortho nitro benzene ring substituents is 1. The van der Waals surface area contributed by atoms with Gasteiger partial charge < -0.3 is 20.5 Å². The van der Waals surface area contributed by atoms with Gasteiger partial charge in [-0.1, -0.05) is 0 Å². The summed E-state index contributed by atoms with van der Waals surface area (Å²) in [7, 11) is 1.45. The molecule has 1 aromatic carbocycles. The van der Waals surface area contributed by atoms with Crippen molar-refractivity contribution in [1.82, 2.24) is 10.2 Å². The lowest BCUT2D eigenvalue weighted by Crippen LogP contribution is -2.42. The molecule has 2 aromatic rings. The maximum absolute atomic E-state index is 13.2. The van der Waals surface area contributed by atoms with E-state index in [1.54, 1.807) is 0 Å². The number of rotatable bonds is 3. The van der Waals surface area contributed by atoms with E-state index in [4.69, 9.17) is 15.2 Å². The van der Waals surface area contributed by atoms with Gasteiger partial charge in [0.2, 0.25) is 17.7 Å². The lowest BCUT2D eigenvalue weighted by Gasteiger charge is -2.31. The van der Waals surface area contributed by atoms with E-state index in [1.807, 2.05) is 6.07 Å². The Labute approximate surface area is 151 Å². The molecule has 1 atom stereocenters. The minimum Gasteiger partial charge on any atom is -0.420 e. The molecule has 136 valence electrons. The lowest BCUT2D eigenvalue weighted by molar-refractivity contribution is -0.384. The molecule has 2 aliphatic heterocycles. The number of nitrogens with two attached hydrogens (primary N) is 1. The van der Waals surface area contributed by atoms with Gasteiger partial charge in [-0.3, -0.25) is 20.0 Å². The number of hydrogen-bond acceptors (Lipinski definition) is 8. The quantitative estimate of drug-likeness (QED) is 0.527. The summed E-state index contributed by atoms with van der Waals surface area (Å²) in [4.78, 5) is 23.8. The summed E-state index contributed by atoms with van der Waals surface area (Å²) in [6.45, 7) is 0.0452. The van der Waals surface area contributed by atoms with Crippen LogP contribution in [0, 0.1) is 21.4 Å². The number of aromatic amines is 1. The summed E-state index contributed by atoms with van der Waals surface area (Å²) in [5.41, 5.74) is 4.96. The minimum atomic E-state index is -1.73. The largest absolute Gasteiger partial charge is 0.420 e. The molecule has 1 aromatic heterocycles. The van der Waals surface area contributed by atoms with E-state index in [1.165, 1.54) is 25.3 Å². The molecule has 27 heavy (non-hydrogen) atoms. The average molecular weight is 368 g/mol. The summed E-state index contributed by atoms with van der Waals surface area (Å²) < 4.78 is 10.6. The summed E-state index contributed by atoms with van der Waals surface area (Å²) in [6.07, 6.45) is 0. The van der Waals surface area contributed by atoms with Gasteiger partial charge in [0.05, 0.1) is 22.8 Å². The molecule has 4 rings (SSSR count). The van der Waals surface area contributed by atoms with Crippen molar-refractivity contribution >= 4 is 17.3 Å². The molecule has 4 N–H and O–H groups in total. The van der Waals surface area contributed by atoms with Gasteiger partial charge in [-0.2, -0.15) is 5.26 Å². The predicted octanol–water partition coefficient (Wildman–Crippen LogP) is 0.789. The highest BCUT2D eigenvalue weighted by Gasteiger charge is 2.59. The summed E-state index contributed by atoms with van der Waals surface area (Å²) >= 11 is 0. The monoisotopic (exact) mass is 368 g/mol. The number of nitriles is 1. The first-order chi connectivity index (χ1) is 12.9. The highest BCUT2D eigenvalue weighted by Crippen LogP contribution is 2.54. The Morgan fingerprint density at radius 3 is 2.96 bits per heavy atom. The number of H-pyrrole nitrogens is 1. The molecular formula is C16H12N6O5. The smallest absolute Gasteiger partial charge is 0.269 e. The first-order valence-corrected chi connectivity index (χ1v) is 7.70. The van der Waals surface area contributed by atoms with Gasteiger partial charge >= 0.3 is 0 Å². The third-order valence-electron chi connectivity index (χ3n) is 4.62. The molecule has 1 spiro atoms.